The van der Waals surface area contributed by atoms with Gasteiger partial charge in [0.2, 0.25) is 0 Å². The molecule has 2 aromatic rings. The van der Waals surface area contributed by atoms with Crippen molar-refractivity contribution >= 4 is 12.1 Å². The zero-order chi connectivity index (χ0) is 14.4. The minimum atomic E-state index is -0.603. The molecule has 2 aromatic carbocycles. The largest absolute Gasteiger partial charge is 0.496 e. The molecule has 5 heteroatoms. The highest BCUT2D eigenvalue weighted by Gasteiger charge is 2.09. The lowest BCUT2D eigenvalue weighted by atomic mass is 10.2. The first-order valence-corrected chi connectivity index (χ1v) is 5.93. The average Bonchev–Trinajstić information content (AvgIpc) is 2.48. The van der Waals surface area contributed by atoms with E-state index in [1.165, 1.54) is 24.4 Å². The molecule has 20 heavy (non-hydrogen) atoms. The number of nitrogens with one attached hydrogen (secondary N) is 1. The first-order valence-electron chi connectivity index (χ1n) is 5.93. The molecule has 0 fully saturated rings. The maximum atomic E-state index is 13.4. The number of hydrogen-bond donors (Lipinski definition) is 1. The number of carbonyl (C=O) groups is 1. The Balaban J connectivity index is 2.07. The van der Waals surface area contributed by atoms with Crippen molar-refractivity contribution in [3.63, 3.8) is 0 Å². The van der Waals surface area contributed by atoms with Crippen LogP contribution in [0, 0.1) is 5.82 Å². The molecule has 0 spiro atoms. The van der Waals surface area contributed by atoms with Crippen LogP contribution in [0.3, 0.4) is 0 Å². The van der Waals surface area contributed by atoms with Gasteiger partial charge in [0.05, 0.1) is 18.9 Å². The second-order valence-corrected chi connectivity index (χ2v) is 3.92. The van der Waals surface area contributed by atoms with Gasteiger partial charge in [-0.25, -0.2) is 9.82 Å². The Bertz CT molecular complexity index is 641. The van der Waals surface area contributed by atoms with Crippen LogP contribution >= 0.6 is 0 Å². The number of hydrazone groups is 1. The first-order chi connectivity index (χ1) is 9.72. The Morgan fingerprint density at radius 1 is 1.20 bits per heavy atom. The molecule has 0 saturated heterocycles. The molecular weight excluding hydrogens is 259 g/mol. The van der Waals surface area contributed by atoms with Crippen molar-refractivity contribution in [3.8, 4) is 5.75 Å². The molecule has 2 rings (SSSR count). The summed E-state index contributed by atoms with van der Waals surface area (Å²) in [5.74, 6) is -0.553. The second kappa shape index (κ2) is 6.47. The van der Waals surface area contributed by atoms with Crippen LogP contribution in [0.4, 0.5) is 4.39 Å². The summed E-state index contributed by atoms with van der Waals surface area (Å²) in [6.45, 7) is 0. The maximum Gasteiger partial charge on any atom is 0.274 e. The minimum Gasteiger partial charge on any atom is -0.496 e. The predicted octanol–water partition coefficient (Wildman–Crippen LogP) is 2.60. The quantitative estimate of drug-likeness (QED) is 0.687. The Labute approximate surface area is 115 Å². The first kappa shape index (κ1) is 13.7. The summed E-state index contributed by atoms with van der Waals surface area (Å²) in [6, 6.07) is 12.9. The van der Waals surface area contributed by atoms with E-state index in [0.717, 1.165) is 0 Å². The van der Waals surface area contributed by atoms with Gasteiger partial charge < -0.3 is 4.74 Å². The van der Waals surface area contributed by atoms with E-state index < -0.39 is 11.7 Å². The van der Waals surface area contributed by atoms with Crippen LogP contribution in [0.1, 0.15) is 15.9 Å². The fourth-order valence-electron chi connectivity index (χ4n) is 1.64. The molecule has 0 aliphatic rings. The zero-order valence-corrected chi connectivity index (χ0v) is 10.8. The highest BCUT2D eigenvalue weighted by Crippen LogP contribution is 2.14. The van der Waals surface area contributed by atoms with E-state index in [9.17, 15) is 9.18 Å². The van der Waals surface area contributed by atoms with Gasteiger partial charge in [0.1, 0.15) is 11.6 Å². The van der Waals surface area contributed by atoms with E-state index in [1.807, 2.05) is 12.1 Å². The highest BCUT2D eigenvalue weighted by atomic mass is 19.1. The Morgan fingerprint density at radius 3 is 2.65 bits per heavy atom. The van der Waals surface area contributed by atoms with Crippen LogP contribution in [0.25, 0.3) is 0 Å². The third kappa shape index (κ3) is 3.20. The lowest BCUT2D eigenvalue weighted by molar-refractivity contribution is 0.0951. The van der Waals surface area contributed by atoms with Crippen molar-refractivity contribution in [2.45, 2.75) is 0 Å². The summed E-state index contributed by atoms with van der Waals surface area (Å²) < 4.78 is 18.5. The van der Waals surface area contributed by atoms with Crippen LogP contribution in [-0.4, -0.2) is 19.2 Å². The van der Waals surface area contributed by atoms with Gasteiger partial charge in [0.15, 0.2) is 0 Å². The fraction of sp³-hybridized carbons (Fsp3) is 0.0667. The Morgan fingerprint density at radius 2 is 1.90 bits per heavy atom. The summed E-state index contributed by atoms with van der Waals surface area (Å²) in [4.78, 5) is 11.7. The third-order valence-electron chi connectivity index (χ3n) is 2.63. The Kier molecular flexibility index (Phi) is 4.44. The molecule has 0 unspecified atom stereocenters. The van der Waals surface area contributed by atoms with Gasteiger partial charge in [-0.1, -0.05) is 24.3 Å². The number of ether oxygens (including phenoxy) is 1. The number of hydrogen-bond acceptors (Lipinski definition) is 3. The lowest BCUT2D eigenvalue weighted by Crippen LogP contribution is -2.18. The van der Waals surface area contributed by atoms with Gasteiger partial charge in [-0.15, -0.1) is 0 Å². The molecular formula is C15H13FN2O2. The lowest BCUT2D eigenvalue weighted by Gasteiger charge is -2.03. The molecule has 0 aliphatic carbocycles. The summed E-state index contributed by atoms with van der Waals surface area (Å²) in [5, 5.41) is 3.80. The molecule has 1 amide bonds. The van der Waals surface area contributed by atoms with Crippen LogP contribution in [0.2, 0.25) is 0 Å². The van der Waals surface area contributed by atoms with E-state index >= 15 is 0 Å². The average molecular weight is 272 g/mol. The van der Waals surface area contributed by atoms with Gasteiger partial charge >= 0.3 is 0 Å². The van der Waals surface area contributed by atoms with Crippen LogP contribution < -0.4 is 10.2 Å². The number of amides is 1. The number of rotatable bonds is 4. The SMILES string of the molecule is COc1ccccc1C=NNC(=O)c1ccccc1F. The van der Waals surface area contributed by atoms with Crippen LogP contribution in [-0.2, 0) is 0 Å². The van der Waals surface area contributed by atoms with E-state index in [0.29, 0.717) is 11.3 Å². The molecule has 0 heterocycles. The monoisotopic (exact) mass is 272 g/mol. The van der Waals surface area contributed by atoms with Gasteiger partial charge in [-0.05, 0) is 24.3 Å². The highest BCUT2D eigenvalue weighted by molar-refractivity contribution is 5.95. The van der Waals surface area contributed by atoms with Crippen molar-refractivity contribution in [1.82, 2.24) is 5.43 Å². The van der Waals surface area contributed by atoms with Crippen LogP contribution in [0.15, 0.2) is 53.6 Å². The summed E-state index contributed by atoms with van der Waals surface area (Å²) in [7, 11) is 1.55. The van der Waals surface area contributed by atoms with Crippen molar-refractivity contribution in [3.05, 3.63) is 65.5 Å². The zero-order valence-electron chi connectivity index (χ0n) is 10.8. The minimum absolute atomic E-state index is 0.0512. The number of nitrogens with zero attached hydrogens (tertiary/aromatic N) is 1. The fourth-order valence-corrected chi connectivity index (χ4v) is 1.64. The van der Waals surface area contributed by atoms with Crippen molar-refractivity contribution < 1.29 is 13.9 Å². The molecule has 0 saturated carbocycles. The van der Waals surface area contributed by atoms with Crippen molar-refractivity contribution in [2.24, 2.45) is 5.10 Å². The molecule has 0 bridgehead atoms. The van der Waals surface area contributed by atoms with Gasteiger partial charge in [0, 0.05) is 5.56 Å². The molecule has 0 aliphatic heterocycles. The molecule has 0 atom stereocenters. The number of para-hydroxylation sites is 1. The summed E-state index contributed by atoms with van der Waals surface area (Å²) >= 11 is 0. The van der Waals surface area contributed by atoms with E-state index in [1.54, 1.807) is 25.3 Å². The maximum absolute atomic E-state index is 13.4. The summed E-state index contributed by atoms with van der Waals surface area (Å²) in [6.07, 6.45) is 1.44. The van der Waals surface area contributed by atoms with Gasteiger partial charge in [0.25, 0.3) is 5.91 Å². The van der Waals surface area contributed by atoms with Gasteiger partial charge in [-0.2, -0.15) is 5.10 Å². The molecule has 4 nitrogen and oxygen atoms in total. The predicted molar refractivity (Wildman–Crippen MR) is 74.5 cm³/mol. The molecule has 0 aromatic heterocycles. The third-order valence-corrected chi connectivity index (χ3v) is 2.63. The van der Waals surface area contributed by atoms with E-state index in [4.69, 9.17) is 4.74 Å². The molecule has 102 valence electrons. The second-order valence-electron chi connectivity index (χ2n) is 3.92. The van der Waals surface area contributed by atoms with E-state index in [-0.39, 0.29) is 5.56 Å². The molecule has 1 N–H and O–H groups in total. The number of carbonyl (C=O) groups excluding carboxylic acids is 1. The Hall–Kier alpha value is -2.69. The van der Waals surface area contributed by atoms with Gasteiger partial charge in [-0.3, -0.25) is 4.79 Å². The van der Waals surface area contributed by atoms with E-state index in [2.05, 4.69) is 10.5 Å². The number of halogens is 1. The molecule has 0 radical (unpaired) electrons. The number of methoxy groups -OCH3 is 1. The van der Waals surface area contributed by atoms with Crippen LogP contribution in [0.5, 0.6) is 5.75 Å². The standard InChI is InChI=1S/C15H13FN2O2/c1-20-14-9-5-2-6-11(14)10-17-18-15(19)12-7-3-4-8-13(12)16/h2-10H,1H3,(H,18,19). The van der Waals surface area contributed by atoms with Crippen molar-refractivity contribution in [2.75, 3.05) is 7.11 Å². The smallest absolute Gasteiger partial charge is 0.274 e. The number of benzene rings is 2. The summed E-state index contributed by atoms with van der Waals surface area (Å²) in [5.41, 5.74) is 2.94. The normalized spacial score (nSPS) is 10.5. The topological polar surface area (TPSA) is 50.7 Å². The van der Waals surface area contributed by atoms with Crippen molar-refractivity contribution in [1.29, 1.82) is 0 Å².